The molecule has 0 atom stereocenters. The Kier molecular flexibility index (Phi) is 12.0. The summed E-state index contributed by atoms with van der Waals surface area (Å²) in [7, 11) is 0. The first-order valence-electron chi connectivity index (χ1n) is 12.0. The second kappa shape index (κ2) is 14.6. The van der Waals surface area contributed by atoms with Crippen molar-refractivity contribution >= 4 is 11.8 Å². The van der Waals surface area contributed by atoms with Crippen LogP contribution in [0, 0.1) is 5.92 Å². The molecule has 0 bridgehead atoms. The van der Waals surface area contributed by atoms with Crippen molar-refractivity contribution in [1.29, 1.82) is 0 Å². The van der Waals surface area contributed by atoms with E-state index in [2.05, 4.69) is 17.2 Å². The third-order valence-electron chi connectivity index (χ3n) is 6.27. The molecule has 0 unspecified atom stereocenters. The number of carbonyl (C=O) groups excluding carboxylic acids is 2. The van der Waals surface area contributed by atoms with Gasteiger partial charge in [0.05, 0.1) is 6.10 Å². The fraction of sp³-hybridized carbons (Fsp3) is 0.833. The predicted octanol–water partition coefficient (Wildman–Crippen LogP) is 5.00. The lowest BCUT2D eigenvalue weighted by Gasteiger charge is -2.19. The molecule has 5 nitrogen and oxygen atoms in total. The number of amides is 2. The summed E-state index contributed by atoms with van der Waals surface area (Å²) in [6, 6.07) is 0. The molecule has 2 N–H and O–H groups in total. The molecule has 0 radical (unpaired) electrons. The first-order valence-corrected chi connectivity index (χ1v) is 12.0. The highest BCUT2D eigenvalue weighted by molar-refractivity contribution is 5.79. The van der Waals surface area contributed by atoms with Gasteiger partial charge < -0.3 is 15.4 Å². The number of carbonyl (C=O) groups is 2. The summed E-state index contributed by atoms with van der Waals surface area (Å²) in [6.07, 6.45) is 18.6. The van der Waals surface area contributed by atoms with Gasteiger partial charge in [0, 0.05) is 24.6 Å². The maximum absolute atomic E-state index is 12.4. The predicted molar refractivity (Wildman–Crippen MR) is 117 cm³/mol. The van der Waals surface area contributed by atoms with Gasteiger partial charge in [-0.05, 0) is 25.7 Å². The maximum Gasteiger partial charge on any atom is 0.250 e. The zero-order valence-electron chi connectivity index (χ0n) is 18.3. The average molecular weight is 407 g/mol. The van der Waals surface area contributed by atoms with E-state index in [1.807, 2.05) is 0 Å². The summed E-state index contributed by atoms with van der Waals surface area (Å²) in [6.45, 7) is 4.55. The van der Waals surface area contributed by atoms with Crippen LogP contribution < -0.4 is 10.6 Å². The first kappa shape index (κ1) is 23.9. The fourth-order valence-corrected chi connectivity index (χ4v) is 4.45. The summed E-state index contributed by atoms with van der Waals surface area (Å²) >= 11 is 0. The normalized spacial score (nSPS) is 20.4. The second-order valence-electron chi connectivity index (χ2n) is 8.87. The van der Waals surface area contributed by atoms with Gasteiger partial charge in [0.1, 0.15) is 6.61 Å². The minimum absolute atomic E-state index is 0.0954. The van der Waals surface area contributed by atoms with E-state index in [4.69, 9.17) is 4.74 Å². The molecule has 0 aromatic heterocycles. The SMILES string of the molecule is C=C(CCNC(=O)C1CCCCCCC1)NC(=O)COC1CCCCCCCC1. The minimum atomic E-state index is -0.138. The molecule has 0 spiro atoms. The Bertz CT molecular complexity index is 488. The standard InChI is InChI=1S/C24H42N2O3/c1-20(17-18-25-24(28)21-13-9-5-4-6-10-14-21)26-23(27)19-29-22-15-11-7-2-3-8-12-16-22/h21-22H,1-19H2,(H,25,28)(H,26,27). The molecule has 166 valence electrons. The van der Waals surface area contributed by atoms with Crippen molar-refractivity contribution in [2.75, 3.05) is 13.2 Å². The van der Waals surface area contributed by atoms with Gasteiger partial charge in [0.25, 0.3) is 0 Å². The lowest BCUT2D eigenvalue weighted by Crippen LogP contribution is -2.34. The lowest BCUT2D eigenvalue weighted by atomic mass is 9.90. The van der Waals surface area contributed by atoms with Crippen LogP contribution in [-0.2, 0) is 14.3 Å². The van der Waals surface area contributed by atoms with E-state index in [1.54, 1.807) is 0 Å². The number of rotatable bonds is 8. The maximum atomic E-state index is 12.4. The highest BCUT2D eigenvalue weighted by Gasteiger charge is 2.19. The van der Waals surface area contributed by atoms with Gasteiger partial charge in [0.15, 0.2) is 0 Å². The molecule has 2 amide bonds. The molecule has 0 aliphatic heterocycles. The van der Waals surface area contributed by atoms with Crippen molar-refractivity contribution in [3.05, 3.63) is 12.3 Å². The van der Waals surface area contributed by atoms with Crippen molar-refractivity contribution in [3.63, 3.8) is 0 Å². The van der Waals surface area contributed by atoms with Gasteiger partial charge in [-0.2, -0.15) is 0 Å². The Morgan fingerprint density at radius 3 is 1.90 bits per heavy atom. The van der Waals surface area contributed by atoms with Crippen LogP contribution in [0.15, 0.2) is 12.3 Å². The molecular weight excluding hydrogens is 364 g/mol. The molecule has 2 fully saturated rings. The van der Waals surface area contributed by atoms with Gasteiger partial charge in [0.2, 0.25) is 11.8 Å². The molecule has 0 heterocycles. The minimum Gasteiger partial charge on any atom is -0.368 e. The summed E-state index contributed by atoms with van der Waals surface area (Å²) in [5.74, 6) is 0.176. The largest absolute Gasteiger partial charge is 0.368 e. The van der Waals surface area contributed by atoms with E-state index in [0.717, 1.165) is 38.5 Å². The van der Waals surface area contributed by atoms with Crippen LogP contribution in [0.4, 0.5) is 0 Å². The van der Waals surface area contributed by atoms with Crippen LogP contribution in [0.1, 0.15) is 103 Å². The van der Waals surface area contributed by atoms with Gasteiger partial charge in [-0.3, -0.25) is 9.59 Å². The molecule has 29 heavy (non-hydrogen) atoms. The Labute approximate surface area is 177 Å². The Morgan fingerprint density at radius 1 is 0.793 bits per heavy atom. The number of nitrogens with one attached hydrogen (secondary N) is 2. The van der Waals surface area contributed by atoms with Crippen molar-refractivity contribution in [2.45, 2.75) is 109 Å². The summed E-state index contributed by atoms with van der Waals surface area (Å²) in [5.41, 5.74) is 0.644. The molecule has 2 aliphatic carbocycles. The van der Waals surface area contributed by atoms with Crippen LogP contribution in [0.5, 0.6) is 0 Å². The lowest BCUT2D eigenvalue weighted by molar-refractivity contribution is -0.127. The zero-order chi connectivity index (χ0) is 20.7. The van der Waals surface area contributed by atoms with Crippen molar-refractivity contribution in [1.82, 2.24) is 10.6 Å². The van der Waals surface area contributed by atoms with Crippen molar-refractivity contribution in [2.24, 2.45) is 5.92 Å². The van der Waals surface area contributed by atoms with E-state index in [9.17, 15) is 9.59 Å². The fourth-order valence-electron chi connectivity index (χ4n) is 4.45. The quantitative estimate of drug-likeness (QED) is 0.596. The third kappa shape index (κ3) is 10.8. The molecule has 2 rings (SSSR count). The highest BCUT2D eigenvalue weighted by atomic mass is 16.5. The Balaban J connectivity index is 1.57. The van der Waals surface area contributed by atoms with Gasteiger partial charge >= 0.3 is 0 Å². The summed E-state index contributed by atoms with van der Waals surface area (Å²) in [4.78, 5) is 24.5. The van der Waals surface area contributed by atoms with Gasteiger partial charge in [-0.15, -0.1) is 0 Å². The van der Waals surface area contributed by atoms with E-state index >= 15 is 0 Å². The van der Waals surface area contributed by atoms with Crippen LogP contribution in [-0.4, -0.2) is 31.1 Å². The molecular formula is C24H42N2O3. The Morgan fingerprint density at radius 2 is 1.31 bits per heavy atom. The van der Waals surface area contributed by atoms with Crippen LogP contribution in [0.25, 0.3) is 0 Å². The van der Waals surface area contributed by atoms with Crippen LogP contribution in [0.2, 0.25) is 0 Å². The zero-order valence-corrected chi connectivity index (χ0v) is 18.3. The van der Waals surface area contributed by atoms with E-state index in [1.165, 1.54) is 57.8 Å². The molecule has 2 saturated carbocycles. The van der Waals surface area contributed by atoms with Gasteiger partial charge in [-0.25, -0.2) is 0 Å². The average Bonchev–Trinajstić information content (AvgIpc) is 2.80. The monoisotopic (exact) mass is 406 g/mol. The molecule has 2 aliphatic rings. The second-order valence-corrected chi connectivity index (χ2v) is 8.87. The van der Waals surface area contributed by atoms with Crippen molar-refractivity contribution in [3.8, 4) is 0 Å². The van der Waals surface area contributed by atoms with Gasteiger partial charge in [-0.1, -0.05) is 77.2 Å². The smallest absolute Gasteiger partial charge is 0.250 e. The van der Waals surface area contributed by atoms with E-state index in [-0.39, 0.29) is 30.4 Å². The van der Waals surface area contributed by atoms with Crippen molar-refractivity contribution < 1.29 is 14.3 Å². The summed E-state index contributed by atoms with van der Waals surface area (Å²) in [5, 5.41) is 5.85. The van der Waals surface area contributed by atoms with Crippen LogP contribution in [0.3, 0.4) is 0 Å². The number of ether oxygens (including phenoxy) is 1. The first-order chi connectivity index (χ1) is 14.1. The topological polar surface area (TPSA) is 67.4 Å². The highest BCUT2D eigenvalue weighted by Crippen LogP contribution is 2.22. The number of hydrogen-bond acceptors (Lipinski definition) is 3. The third-order valence-corrected chi connectivity index (χ3v) is 6.27. The molecule has 0 aromatic rings. The van der Waals surface area contributed by atoms with E-state index < -0.39 is 0 Å². The molecule has 5 heteroatoms. The van der Waals surface area contributed by atoms with Crippen LogP contribution >= 0.6 is 0 Å². The Hall–Kier alpha value is -1.36. The molecule has 0 aromatic carbocycles. The molecule has 0 saturated heterocycles. The van der Waals surface area contributed by atoms with E-state index in [0.29, 0.717) is 18.7 Å². The summed E-state index contributed by atoms with van der Waals surface area (Å²) < 4.78 is 5.86. The number of hydrogen-bond donors (Lipinski definition) is 2.